The Balaban J connectivity index is 1.40. The van der Waals surface area contributed by atoms with Crippen LogP contribution in [0.3, 0.4) is 0 Å². The number of carbonyl (C=O) groups excluding carboxylic acids is 2. The Labute approximate surface area is 143 Å². The molecule has 5 nitrogen and oxygen atoms in total. The summed E-state index contributed by atoms with van der Waals surface area (Å²) in [6, 6.07) is 9.39. The molecule has 2 amide bonds. The number of nitrogens with zero attached hydrogens (tertiary/aromatic N) is 2. The molecule has 3 fully saturated rings. The lowest BCUT2D eigenvalue weighted by molar-refractivity contribution is -0.136. The predicted molar refractivity (Wildman–Crippen MR) is 91.5 cm³/mol. The third-order valence-corrected chi connectivity index (χ3v) is 5.78. The van der Waals surface area contributed by atoms with Gasteiger partial charge in [-0.3, -0.25) is 9.59 Å². The minimum atomic E-state index is -0.0294. The largest absolute Gasteiger partial charge is 0.342 e. The van der Waals surface area contributed by atoms with Gasteiger partial charge in [0.1, 0.15) is 0 Å². The number of fused-ring (bicyclic) bond motifs is 1. The van der Waals surface area contributed by atoms with Crippen molar-refractivity contribution in [3.05, 3.63) is 35.9 Å². The van der Waals surface area contributed by atoms with Gasteiger partial charge in [0.2, 0.25) is 5.91 Å². The monoisotopic (exact) mass is 327 g/mol. The van der Waals surface area contributed by atoms with Gasteiger partial charge in [-0.1, -0.05) is 18.2 Å². The molecule has 1 unspecified atom stereocenters. The lowest BCUT2D eigenvalue weighted by atomic mass is 9.96. The topological polar surface area (TPSA) is 52.7 Å². The molecule has 3 atom stereocenters. The van der Waals surface area contributed by atoms with Crippen LogP contribution in [0.15, 0.2) is 30.3 Å². The molecule has 128 valence electrons. The first-order valence-electron chi connectivity index (χ1n) is 9.06. The molecule has 5 heteroatoms. The van der Waals surface area contributed by atoms with Crippen LogP contribution >= 0.6 is 0 Å². The van der Waals surface area contributed by atoms with E-state index in [-0.39, 0.29) is 17.7 Å². The maximum Gasteiger partial charge on any atom is 0.253 e. The van der Waals surface area contributed by atoms with E-state index in [9.17, 15) is 9.59 Å². The summed E-state index contributed by atoms with van der Waals surface area (Å²) < 4.78 is 0. The highest BCUT2D eigenvalue weighted by molar-refractivity contribution is 5.94. The van der Waals surface area contributed by atoms with Gasteiger partial charge in [0.15, 0.2) is 0 Å². The minimum Gasteiger partial charge on any atom is -0.342 e. The fourth-order valence-electron chi connectivity index (χ4n) is 4.42. The van der Waals surface area contributed by atoms with E-state index in [1.165, 1.54) is 0 Å². The second kappa shape index (κ2) is 6.55. The molecule has 0 bridgehead atoms. The van der Waals surface area contributed by atoms with Crippen molar-refractivity contribution in [3.63, 3.8) is 0 Å². The van der Waals surface area contributed by atoms with E-state index in [0.29, 0.717) is 23.9 Å². The van der Waals surface area contributed by atoms with E-state index in [0.717, 1.165) is 45.6 Å². The van der Waals surface area contributed by atoms with Crippen molar-refractivity contribution < 1.29 is 9.59 Å². The van der Waals surface area contributed by atoms with Crippen LogP contribution in [-0.2, 0) is 4.79 Å². The summed E-state index contributed by atoms with van der Waals surface area (Å²) in [6.45, 7) is 5.18. The van der Waals surface area contributed by atoms with Crippen molar-refractivity contribution in [1.82, 2.24) is 15.1 Å². The van der Waals surface area contributed by atoms with E-state index >= 15 is 0 Å². The molecule has 1 N–H and O–H groups in total. The molecular formula is C19H25N3O2. The standard InChI is InChI=1S/C19H25N3O2/c23-18(14-5-2-1-3-6-14)21-8-4-7-15(11-21)19(24)22-12-16-9-20-10-17(16)13-22/h1-3,5-6,15-17,20H,4,7-13H2/t15?,16-,17+. The maximum atomic E-state index is 12.9. The van der Waals surface area contributed by atoms with E-state index in [2.05, 4.69) is 10.2 Å². The second-order valence-corrected chi connectivity index (χ2v) is 7.38. The zero-order chi connectivity index (χ0) is 16.5. The lowest BCUT2D eigenvalue weighted by Gasteiger charge is -2.34. The van der Waals surface area contributed by atoms with E-state index in [4.69, 9.17) is 0 Å². The summed E-state index contributed by atoms with van der Waals surface area (Å²) in [4.78, 5) is 29.5. The Morgan fingerprint density at radius 1 is 0.958 bits per heavy atom. The van der Waals surface area contributed by atoms with E-state index in [1.54, 1.807) is 0 Å². The number of likely N-dealkylation sites (tertiary alicyclic amines) is 2. The molecule has 4 rings (SSSR count). The van der Waals surface area contributed by atoms with Crippen molar-refractivity contribution in [2.45, 2.75) is 12.8 Å². The average Bonchev–Trinajstić information content (AvgIpc) is 3.23. The number of amides is 2. The van der Waals surface area contributed by atoms with E-state index < -0.39 is 0 Å². The van der Waals surface area contributed by atoms with Gasteiger partial charge >= 0.3 is 0 Å². The SMILES string of the molecule is O=C(c1ccccc1)N1CCCC(C(=O)N2C[C@H]3CNC[C@H]3C2)C1. The Morgan fingerprint density at radius 3 is 2.38 bits per heavy atom. The van der Waals surface area contributed by atoms with Crippen molar-refractivity contribution in [2.75, 3.05) is 39.3 Å². The molecule has 3 saturated heterocycles. The third-order valence-electron chi connectivity index (χ3n) is 5.78. The Kier molecular flexibility index (Phi) is 4.27. The molecule has 3 aliphatic heterocycles. The molecule has 1 aromatic carbocycles. The molecular weight excluding hydrogens is 302 g/mol. The molecule has 0 spiro atoms. The van der Waals surface area contributed by atoms with Crippen molar-refractivity contribution in [1.29, 1.82) is 0 Å². The van der Waals surface area contributed by atoms with Gasteiger partial charge < -0.3 is 15.1 Å². The normalized spacial score (nSPS) is 29.6. The molecule has 0 radical (unpaired) electrons. The Hall–Kier alpha value is -1.88. The van der Waals surface area contributed by atoms with Gasteiger partial charge in [-0.15, -0.1) is 0 Å². The Morgan fingerprint density at radius 2 is 1.67 bits per heavy atom. The summed E-state index contributed by atoms with van der Waals surface area (Å²) in [7, 11) is 0. The van der Waals surface area contributed by atoms with Crippen LogP contribution in [0.2, 0.25) is 0 Å². The van der Waals surface area contributed by atoms with Crippen LogP contribution in [-0.4, -0.2) is 60.9 Å². The molecule has 0 aliphatic carbocycles. The summed E-state index contributed by atoms with van der Waals surface area (Å²) in [6.07, 6.45) is 1.82. The summed E-state index contributed by atoms with van der Waals surface area (Å²) in [5.41, 5.74) is 0.715. The molecule has 0 saturated carbocycles. The van der Waals surface area contributed by atoms with Crippen molar-refractivity contribution in [2.24, 2.45) is 17.8 Å². The molecule has 0 aromatic heterocycles. The van der Waals surface area contributed by atoms with Gasteiger partial charge in [0, 0.05) is 44.8 Å². The van der Waals surface area contributed by atoms with Gasteiger partial charge in [-0.2, -0.15) is 0 Å². The number of benzene rings is 1. The molecule has 1 aromatic rings. The number of piperidine rings is 1. The summed E-state index contributed by atoms with van der Waals surface area (Å²) >= 11 is 0. The number of rotatable bonds is 2. The molecule has 24 heavy (non-hydrogen) atoms. The fourth-order valence-corrected chi connectivity index (χ4v) is 4.42. The van der Waals surface area contributed by atoms with Crippen LogP contribution in [0.4, 0.5) is 0 Å². The van der Waals surface area contributed by atoms with Gasteiger partial charge in [-0.25, -0.2) is 0 Å². The maximum absolute atomic E-state index is 12.9. The highest BCUT2D eigenvalue weighted by atomic mass is 16.2. The zero-order valence-electron chi connectivity index (χ0n) is 14.0. The first kappa shape index (κ1) is 15.6. The van der Waals surface area contributed by atoms with E-state index in [1.807, 2.05) is 35.2 Å². The highest BCUT2D eigenvalue weighted by Crippen LogP contribution is 2.29. The average molecular weight is 327 g/mol. The van der Waals surface area contributed by atoms with Crippen LogP contribution in [0, 0.1) is 17.8 Å². The molecule has 3 aliphatic rings. The fraction of sp³-hybridized carbons (Fsp3) is 0.579. The first-order chi connectivity index (χ1) is 11.7. The van der Waals surface area contributed by atoms with Gasteiger partial charge in [-0.05, 0) is 36.8 Å². The number of nitrogens with one attached hydrogen (secondary N) is 1. The summed E-state index contributed by atoms with van der Waals surface area (Å²) in [5.74, 6) is 1.53. The third kappa shape index (κ3) is 2.93. The van der Waals surface area contributed by atoms with Crippen molar-refractivity contribution in [3.8, 4) is 0 Å². The van der Waals surface area contributed by atoms with Crippen molar-refractivity contribution >= 4 is 11.8 Å². The quantitative estimate of drug-likeness (QED) is 0.888. The van der Waals surface area contributed by atoms with Crippen LogP contribution < -0.4 is 5.32 Å². The highest BCUT2D eigenvalue weighted by Gasteiger charge is 2.40. The van der Waals surface area contributed by atoms with Gasteiger partial charge in [0.05, 0.1) is 5.92 Å². The first-order valence-corrected chi connectivity index (χ1v) is 9.06. The van der Waals surface area contributed by atoms with Crippen LogP contribution in [0.25, 0.3) is 0 Å². The molecule has 3 heterocycles. The number of hydrogen-bond acceptors (Lipinski definition) is 3. The number of hydrogen-bond donors (Lipinski definition) is 1. The summed E-state index contributed by atoms with van der Waals surface area (Å²) in [5, 5.41) is 3.41. The second-order valence-electron chi connectivity index (χ2n) is 7.38. The van der Waals surface area contributed by atoms with Gasteiger partial charge in [0.25, 0.3) is 5.91 Å². The Bertz CT molecular complexity index is 606. The smallest absolute Gasteiger partial charge is 0.253 e. The van der Waals surface area contributed by atoms with Crippen LogP contribution in [0.1, 0.15) is 23.2 Å². The minimum absolute atomic E-state index is 0.0294. The lowest BCUT2D eigenvalue weighted by Crippen LogP contribution is -2.46. The number of carbonyl (C=O) groups is 2. The van der Waals surface area contributed by atoms with Crippen LogP contribution in [0.5, 0.6) is 0 Å². The predicted octanol–water partition coefficient (Wildman–Crippen LogP) is 1.22. The zero-order valence-corrected chi connectivity index (χ0v) is 14.0.